The number of hydrogen-bond donors (Lipinski definition) is 2. The smallest absolute Gasteiger partial charge is 0.255 e. The molecule has 0 bridgehead atoms. The summed E-state index contributed by atoms with van der Waals surface area (Å²) in [6.45, 7) is 0.889. The van der Waals surface area contributed by atoms with Crippen LogP contribution < -0.4 is 10.6 Å². The number of carbonyl (C=O) groups excluding carboxylic acids is 3. The van der Waals surface area contributed by atoms with Gasteiger partial charge in [0.15, 0.2) is 0 Å². The molecule has 1 aromatic carbocycles. The van der Waals surface area contributed by atoms with E-state index in [9.17, 15) is 14.4 Å². The van der Waals surface area contributed by atoms with E-state index in [0.29, 0.717) is 22.2 Å². The first-order valence-corrected chi connectivity index (χ1v) is 14.9. The molecule has 2 saturated carbocycles. The minimum absolute atomic E-state index is 0.0466. The molecule has 2 N–H and O–H groups in total. The second-order valence-corrected chi connectivity index (χ2v) is 13.2. The van der Waals surface area contributed by atoms with Gasteiger partial charge in [0.25, 0.3) is 5.91 Å². The number of alkyl halides is 1. The minimum Gasteiger partial charge on any atom is -0.319 e. The third kappa shape index (κ3) is 3.95. The van der Waals surface area contributed by atoms with E-state index in [1.807, 2.05) is 23.1 Å². The Kier molecular flexibility index (Phi) is 6.44. The summed E-state index contributed by atoms with van der Waals surface area (Å²) in [6, 6.07) is 7.27. The molecule has 0 spiro atoms. The Morgan fingerprint density at radius 2 is 1.71 bits per heavy atom. The van der Waals surface area contributed by atoms with Crippen LogP contribution in [-0.2, 0) is 9.59 Å². The van der Waals surface area contributed by atoms with E-state index in [-0.39, 0.29) is 41.6 Å². The Hall–Kier alpha value is -1.48. The van der Waals surface area contributed by atoms with E-state index in [0.717, 1.165) is 17.7 Å². The topological polar surface area (TPSA) is 78.5 Å². The number of benzene rings is 1. The Morgan fingerprint density at radius 1 is 0.943 bits per heavy atom. The van der Waals surface area contributed by atoms with E-state index >= 15 is 0 Å². The van der Waals surface area contributed by atoms with Crippen LogP contribution in [0.4, 0.5) is 0 Å². The van der Waals surface area contributed by atoms with Gasteiger partial charge in [-0.2, -0.15) is 0 Å². The molecule has 6 rings (SSSR count). The molecule has 0 aromatic heterocycles. The fourth-order valence-corrected chi connectivity index (χ4v) is 9.40. The second-order valence-electron chi connectivity index (χ2n) is 11.5. The first-order chi connectivity index (χ1) is 17.0. The Balaban J connectivity index is 1.39. The molecular weight excluding hydrogens is 553 g/mol. The zero-order valence-corrected chi connectivity index (χ0v) is 22.5. The Morgan fingerprint density at radius 3 is 2.49 bits per heavy atom. The summed E-state index contributed by atoms with van der Waals surface area (Å²) in [5, 5.41) is 6.62. The van der Waals surface area contributed by atoms with Crippen LogP contribution in [0.2, 0.25) is 0 Å². The lowest BCUT2D eigenvalue weighted by Crippen LogP contribution is -2.56. The monoisotopic (exact) mass is 589 g/mol. The SMILES string of the molecule is O=C1CCC(N2C(=O)c3ccccc3C2C2CNC3(C4CCCCCC4)CC(I)CCC23)C(=O)N1. The molecule has 7 heteroatoms. The number of nitrogens with zero attached hydrogens (tertiary/aromatic N) is 1. The molecule has 1 aromatic rings. The molecule has 35 heavy (non-hydrogen) atoms. The molecule has 3 amide bonds. The maximum Gasteiger partial charge on any atom is 0.255 e. The van der Waals surface area contributed by atoms with E-state index in [1.165, 1.54) is 57.8 Å². The molecule has 0 radical (unpaired) electrons. The summed E-state index contributed by atoms with van der Waals surface area (Å²) in [7, 11) is 0. The summed E-state index contributed by atoms with van der Waals surface area (Å²) in [5.74, 6) is 0.867. The number of carbonyl (C=O) groups is 3. The fraction of sp³-hybridized carbons (Fsp3) is 0.679. The second kappa shape index (κ2) is 9.43. The Labute approximate surface area is 221 Å². The van der Waals surface area contributed by atoms with Crippen LogP contribution in [0.25, 0.3) is 0 Å². The molecule has 6 unspecified atom stereocenters. The van der Waals surface area contributed by atoms with Crippen molar-refractivity contribution in [2.45, 2.75) is 92.2 Å². The number of hydrogen-bond acceptors (Lipinski definition) is 4. The van der Waals surface area contributed by atoms with Gasteiger partial charge in [-0.3, -0.25) is 19.7 Å². The molecule has 188 valence electrons. The van der Waals surface area contributed by atoms with E-state index in [2.05, 4.69) is 39.3 Å². The number of piperidine rings is 1. The van der Waals surface area contributed by atoms with Gasteiger partial charge in [0, 0.05) is 33.9 Å². The molecule has 3 heterocycles. The zero-order valence-electron chi connectivity index (χ0n) is 20.3. The molecule has 6 atom stereocenters. The van der Waals surface area contributed by atoms with E-state index < -0.39 is 6.04 Å². The summed E-state index contributed by atoms with van der Waals surface area (Å²) in [6.07, 6.45) is 12.3. The number of fused-ring (bicyclic) bond motifs is 2. The molecule has 5 aliphatic rings. The van der Waals surface area contributed by atoms with Gasteiger partial charge in [-0.1, -0.05) is 66.5 Å². The van der Waals surface area contributed by atoms with Gasteiger partial charge in [0.2, 0.25) is 11.8 Å². The summed E-state index contributed by atoms with van der Waals surface area (Å²) >= 11 is 2.66. The van der Waals surface area contributed by atoms with Gasteiger partial charge in [0.1, 0.15) is 6.04 Å². The van der Waals surface area contributed by atoms with E-state index in [4.69, 9.17) is 0 Å². The quantitative estimate of drug-likeness (QED) is 0.235. The highest BCUT2D eigenvalue weighted by Crippen LogP contribution is 2.56. The summed E-state index contributed by atoms with van der Waals surface area (Å²) in [5.41, 5.74) is 1.94. The van der Waals surface area contributed by atoms with Crippen molar-refractivity contribution < 1.29 is 14.4 Å². The van der Waals surface area contributed by atoms with Crippen LogP contribution in [0.1, 0.15) is 92.6 Å². The van der Waals surface area contributed by atoms with Gasteiger partial charge in [-0.05, 0) is 62.0 Å². The Bertz CT molecular complexity index is 1020. The highest BCUT2D eigenvalue weighted by molar-refractivity contribution is 14.1. The number of rotatable bonds is 3. The van der Waals surface area contributed by atoms with Crippen molar-refractivity contribution in [2.75, 3.05) is 6.54 Å². The molecule has 6 nitrogen and oxygen atoms in total. The number of amides is 3. The van der Waals surface area contributed by atoms with Gasteiger partial charge < -0.3 is 10.2 Å². The van der Waals surface area contributed by atoms with Crippen LogP contribution in [0, 0.1) is 17.8 Å². The summed E-state index contributed by atoms with van der Waals surface area (Å²) < 4.78 is 0.682. The predicted molar refractivity (Wildman–Crippen MR) is 142 cm³/mol. The maximum absolute atomic E-state index is 13.8. The molecule has 2 aliphatic carbocycles. The highest BCUT2D eigenvalue weighted by atomic mass is 127. The van der Waals surface area contributed by atoms with Crippen molar-refractivity contribution >= 4 is 40.3 Å². The van der Waals surface area contributed by atoms with Crippen molar-refractivity contribution in [3.63, 3.8) is 0 Å². The average Bonchev–Trinajstić information content (AvgIpc) is 3.19. The van der Waals surface area contributed by atoms with Crippen molar-refractivity contribution in [2.24, 2.45) is 17.8 Å². The van der Waals surface area contributed by atoms with Crippen molar-refractivity contribution in [1.82, 2.24) is 15.5 Å². The van der Waals surface area contributed by atoms with Crippen LogP contribution in [-0.4, -0.2) is 44.7 Å². The standard InChI is InChI=1S/C28H36IN3O3/c29-18-11-12-22-21(16-30-28(22,15-18)17-7-3-1-2-4-8-17)25-19-9-5-6-10-20(19)27(35)32(25)23-13-14-24(33)31-26(23)34/h5-6,9-10,17-18,21-23,25,30H,1-4,7-8,11-16H2,(H,31,33,34). The third-order valence-electron chi connectivity index (χ3n) is 9.77. The van der Waals surface area contributed by atoms with Gasteiger partial charge in [-0.15, -0.1) is 0 Å². The molecular formula is C28H36IN3O3. The largest absolute Gasteiger partial charge is 0.319 e. The van der Waals surface area contributed by atoms with Crippen molar-refractivity contribution in [3.05, 3.63) is 35.4 Å². The van der Waals surface area contributed by atoms with Crippen LogP contribution >= 0.6 is 22.6 Å². The van der Waals surface area contributed by atoms with Gasteiger partial charge in [-0.25, -0.2) is 0 Å². The first kappa shape index (κ1) is 23.9. The normalized spacial score (nSPS) is 38.1. The number of halogens is 1. The molecule has 2 saturated heterocycles. The van der Waals surface area contributed by atoms with Crippen LogP contribution in [0.5, 0.6) is 0 Å². The fourth-order valence-electron chi connectivity index (χ4n) is 8.31. The van der Waals surface area contributed by atoms with Crippen molar-refractivity contribution in [3.8, 4) is 0 Å². The minimum atomic E-state index is -0.577. The van der Waals surface area contributed by atoms with Crippen LogP contribution in [0.15, 0.2) is 24.3 Å². The van der Waals surface area contributed by atoms with E-state index in [1.54, 1.807) is 0 Å². The first-order valence-electron chi connectivity index (χ1n) is 13.6. The van der Waals surface area contributed by atoms with Crippen molar-refractivity contribution in [1.29, 1.82) is 0 Å². The average molecular weight is 590 g/mol. The summed E-state index contributed by atoms with van der Waals surface area (Å²) in [4.78, 5) is 40.5. The third-order valence-corrected chi connectivity index (χ3v) is 10.8. The lowest BCUT2D eigenvalue weighted by Gasteiger charge is -2.49. The molecule has 4 fully saturated rings. The van der Waals surface area contributed by atoms with Gasteiger partial charge >= 0.3 is 0 Å². The lowest BCUT2D eigenvalue weighted by atomic mass is 9.61. The maximum atomic E-state index is 13.8. The lowest BCUT2D eigenvalue weighted by molar-refractivity contribution is -0.137. The highest BCUT2D eigenvalue weighted by Gasteiger charge is 2.59. The zero-order chi connectivity index (χ0) is 24.2. The predicted octanol–water partition coefficient (Wildman–Crippen LogP) is 4.52. The number of imide groups is 1. The molecule has 3 aliphatic heterocycles. The van der Waals surface area contributed by atoms with Crippen LogP contribution in [0.3, 0.4) is 0 Å². The number of nitrogens with one attached hydrogen (secondary N) is 2. The van der Waals surface area contributed by atoms with Gasteiger partial charge in [0.05, 0.1) is 6.04 Å².